The van der Waals surface area contributed by atoms with E-state index in [4.69, 9.17) is 0 Å². The number of nitrogens with zero attached hydrogens (tertiary/aromatic N) is 1. The summed E-state index contributed by atoms with van der Waals surface area (Å²) in [5.74, 6) is -4.12. The van der Waals surface area contributed by atoms with Crippen molar-refractivity contribution in [1.82, 2.24) is 10.2 Å². The predicted molar refractivity (Wildman–Crippen MR) is 70.4 cm³/mol. The molecule has 2 aromatic carbocycles. The molecule has 3 aromatic rings. The van der Waals surface area contributed by atoms with Crippen molar-refractivity contribution in [1.29, 1.82) is 0 Å². The Bertz CT molecular complexity index is 821. The number of carbonyl (C=O) groups excluding carboxylic acids is 1. The van der Waals surface area contributed by atoms with Crippen molar-refractivity contribution in [2.45, 2.75) is 0 Å². The summed E-state index contributed by atoms with van der Waals surface area (Å²) >= 11 is 0. The first kappa shape index (κ1) is 13.2. The first-order chi connectivity index (χ1) is 10.0. The number of halogens is 3. The van der Waals surface area contributed by atoms with E-state index >= 15 is 0 Å². The molecule has 1 amide bonds. The monoisotopic (exact) mass is 291 g/mol. The summed E-state index contributed by atoms with van der Waals surface area (Å²) < 4.78 is 39.8. The summed E-state index contributed by atoms with van der Waals surface area (Å²) in [5, 5.41) is 9.37. The maximum absolute atomic E-state index is 13.5. The summed E-state index contributed by atoms with van der Waals surface area (Å²) in [4.78, 5) is 12.0. The molecule has 3 rings (SSSR count). The van der Waals surface area contributed by atoms with E-state index in [-0.39, 0.29) is 5.56 Å². The zero-order valence-corrected chi connectivity index (χ0v) is 10.5. The number of rotatable bonds is 2. The lowest BCUT2D eigenvalue weighted by atomic mass is 10.1. The molecular formula is C14H8F3N3O. The van der Waals surface area contributed by atoms with Crippen molar-refractivity contribution < 1.29 is 18.0 Å². The quantitative estimate of drug-likeness (QED) is 0.761. The van der Waals surface area contributed by atoms with Crippen molar-refractivity contribution in [3.63, 3.8) is 0 Å². The average Bonchev–Trinajstić information content (AvgIpc) is 2.89. The predicted octanol–water partition coefficient (Wildman–Crippen LogP) is 3.23. The minimum absolute atomic E-state index is 0.190. The van der Waals surface area contributed by atoms with Gasteiger partial charge in [0.15, 0.2) is 11.6 Å². The fourth-order valence-electron chi connectivity index (χ4n) is 1.93. The number of aromatic nitrogens is 2. The molecule has 0 aliphatic carbocycles. The Kier molecular flexibility index (Phi) is 3.09. The molecular weight excluding hydrogens is 283 g/mol. The number of nitrogens with one attached hydrogen (secondary N) is 2. The third kappa shape index (κ3) is 2.45. The Balaban J connectivity index is 1.92. The van der Waals surface area contributed by atoms with E-state index in [1.165, 1.54) is 12.1 Å². The van der Waals surface area contributed by atoms with E-state index in [1.807, 2.05) is 0 Å². The van der Waals surface area contributed by atoms with E-state index in [0.29, 0.717) is 17.6 Å². The highest BCUT2D eigenvalue weighted by molar-refractivity contribution is 6.06. The van der Waals surface area contributed by atoms with Gasteiger partial charge in [0.05, 0.1) is 11.7 Å². The average molecular weight is 291 g/mol. The van der Waals surface area contributed by atoms with Crippen LogP contribution >= 0.6 is 0 Å². The fourth-order valence-corrected chi connectivity index (χ4v) is 1.93. The van der Waals surface area contributed by atoms with Gasteiger partial charge in [0.1, 0.15) is 11.5 Å². The second kappa shape index (κ2) is 4.93. The summed E-state index contributed by atoms with van der Waals surface area (Å²) in [5.41, 5.74) is 0.115. The van der Waals surface area contributed by atoms with Crippen LogP contribution in [0.5, 0.6) is 0 Å². The molecule has 1 aromatic heterocycles. The lowest BCUT2D eigenvalue weighted by Crippen LogP contribution is -2.14. The number of carbonyl (C=O) groups is 1. The smallest absolute Gasteiger partial charge is 0.255 e. The summed E-state index contributed by atoms with van der Waals surface area (Å²) in [6.07, 6.45) is 1.58. The van der Waals surface area contributed by atoms with Crippen LogP contribution in [0.4, 0.5) is 18.9 Å². The SMILES string of the molecule is O=C(Nc1c(F)cc(F)cc1F)c1ccc2cn[nH]c2c1. The van der Waals surface area contributed by atoms with Crippen molar-refractivity contribution >= 4 is 22.5 Å². The minimum atomic E-state index is -1.18. The first-order valence-corrected chi connectivity index (χ1v) is 5.93. The lowest BCUT2D eigenvalue weighted by molar-refractivity contribution is 0.102. The highest BCUT2D eigenvalue weighted by atomic mass is 19.1. The van der Waals surface area contributed by atoms with Crippen molar-refractivity contribution in [2.75, 3.05) is 5.32 Å². The number of H-pyrrole nitrogens is 1. The van der Waals surface area contributed by atoms with Crippen LogP contribution in [0.3, 0.4) is 0 Å². The number of anilines is 1. The Hall–Kier alpha value is -2.83. The molecule has 7 heteroatoms. The van der Waals surface area contributed by atoms with Crippen LogP contribution in [0.2, 0.25) is 0 Å². The molecule has 0 aliphatic heterocycles. The van der Waals surface area contributed by atoms with Gasteiger partial charge in [0.25, 0.3) is 5.91 Å². The van der Waals surface area contributed by atoms with E-state index in [9.17, 15) is 18.0 Å². The topological polar surface area (TPSA) is 57.8 Å². The highest BCUT2D eigenvalue weighted by Crippen LogP contribution is 2.21. The third-order valence-corrected chi connectivity index (χ3v) is 2.95. The minimum Gasteiger partial charge on any atom is -0.317 e. The largest absolute Gasteiger partial charge is 0.317 e. The van der Waals surface area contributed by atoms with Gasteiger partial charge in [-0.15, -0.1) is 0 Å². The number of hydrogen-bond donors (Lipinski definition) is 2. The van der Waals surface area contributed by atoms with Gasteiger partial charge >= 0.3 is 0 Å². The maximum atomic E-state index is 13.5. The number of benzene rings is 2. The van der Waals surface area contributed by atoms with Gasteiger partial charge in [-0.05, 0) is 12.1 Å². The Labute approximate surface area is 116 Å². The molecule has 0 radical (unpaired) electrons. The molecule has 0 fully saturated rings. The van der Waals surface area contributed by atoms with Crippen molar-refractivity contribution in [2.24, 2.45) is 0 Å². The number of hydrogen-bond acceptors (Lipinski definition) is 2. The number of aromatic amines is 1. The molecule has 0 bridgehead atoms. The maximum Gasteiger partial charge on any atom is 0.255 e. The normalized spacial score (nSPS) is 10.8. The molecule has 0 spiro atoms. The molecule has 0 saturated carbocycles. The molecule has 21 heavy (non-hydrogen) atoms. The summed E-state index contributed by atoms with van der Waals surface area (Å²) in [7, 11) is 0. The number of fused-ring (bicyclic) bond motifs is 1. The van der Waals surface area contributed by atoms with Gasteiger partial charge in [0, 0.05) is 23.1 Å². The van der Waals surface area contributed by atoms with E-state index in [1.54, 1.807) is 12.3 Å². The zero-order chi connectivity index (χ0) is 15.0. The molecule has 0 unspecified atom stereocenters. The zero-order valence-electron chi connectivity index (χ0n) is 10.5. The van der Waals surface area contributed by atoms with Gasteiger partial charge in [-0.2, -0.15) is 5.10 Å². The molecule has 0 atom stereocenters. The van der Waals surface area contributed by atoms with Crippen LogP contribution in [-0.4, -0.2) is 16.1 Å². The Morgan fingerprint density at radius 2 is 1.81 bits per heavy atom. The molecule has 1 heterocycles. The van der Waals surface area contributed by atoms with Gasteiger partial charge in [0.2, 0.25) is 0 Å². The molecule has 0 saturated heterocycles. The van der Waals surface area contributed by atoms with Gasteiger partial charge in [-0.3, -0.25) is 9.89 Å². The van der Waals surface area contributed by atoms with Crippen LogP contribution in [0, 0.1) is 17.5 Å². The molecule has 106 valence electrons. The third-order valence-electron chi connectivity index (χ3n) is 2.95. The fraction of sp³-hybridized carbons (Fsp3) is 0. The van der Waals surface area contributed by atoms with Gasteiger partial charge in [-0.25, -0.2) is 13.2 Å². The summed E-state index contributed by atoms with van der Waals surface area (Å²) in [6.45, 7) is 0. The lowest BCUT2D eigenvalue weighted by Gasteiger charge is -2.08. The van der Waals surface area contributed by atoms with Crippen LogP contribution < -0.4 is 5.32 Å². The first-order valence-electron chi connectivity index (χ1n) is 5.93. The Morgan fingerprint density at radius 1 is 1.10 bits per heavy atom. The summed E-state index contributed by atoms with van der Waals surface area (Å²) in [6, 6.07) is 5.63. The van der Waals surface area contributed by atoms with Crippen LogP contribution in [-0.2, 0) is 0 Å². The van der Waals surface area contributed by atoms with E-state index < -0.39 is 29.0 Å². The molecule has 2 N–H and O–H groups in total. The van der Waals surface area contributed by atoms with E-state index in [2.05, 4.69) is 15.5 Å². The van der Waals surface area contributed by atoms with E-state index in [0.717, 1.165) is 5.39 Å². The van der Waals surface area contributed by atoms with Crippen molar-refractivity contribution in [3.8, 4) is 0 Å². The second-order valence-electron chi connectivity index (χ2n) is 4.37. The second-order valence-corrected chi connectivity index (χ2v) is 4.37. The number of amides is 1. The van der Waals surface area contributed by atoms with Gasteiger partial charge < -0.3 is 5.32 Å². The van der Waals surface area contributed by atoms with Crippen LogP contribution in [0.15, 0.2) is 36.5 Å². The standard InChI is InChI=1S/C14H8F3N3O/c15-9-4-10(16)13(11(17)5-9)19-14(21)7-1-2-8-6-18-20-12(8)3-7/h1-6H,(H,18,20)(H,19,21). The highest BCUT2D eigenvalue weighted by Gasteiger charge is 2.15. The Morgan fingerprint density at radius 3 is 2.52 bits per heavy atom. The van der Waals surface area contributed by atoms with Crippen molar-refractivity contribution in [3.05, 3.63) is 59.5 Å². The van der Waals surface area contributed by atoms with Gasteiger partial charge in [-0.1, -0.05) is 6.07 Å². The van der Waals surface area contributed by atoms with Crippen LogP contribution in [0.25, 0.3) is 10.9 Å². The molecule has 4 nitrogen and oxygen atoms in total. The molecule has 0 aliphatic rings. The van der Waals surface area contributed by atoms with Crippen LogP contribution in [0.1, 0.15) is 10.4 Å².